The lowest BCUT2D eigenvalue weighted by atomic mass is 9.94. The van der Waals surface area contributed by atoms with Gasteiger partial charge < -0.3 is 19.9 Å². The standard InChI is InChI=1S/C27H25ClF3NO5/c1-36-24-9-6-17(13-25(33)34)12-22(24)21-8-7-20(27(29,30)31)14-19(21)15-32-11-10-26(35)37-16-18-4-2-3-5-23(18)28/h2-9,12,14,32H,10-11,13,15-16H2,1H3,(H,33,34). The maximum absolute atomic E-state index is 13.4. The van der Waals surface area contributed by atoms with Crippen LogP contribution in [0.25, 0.3) is 11.1 Å². The van der Waals surface area contributed by atoms with Crippen molar-refractivity contribution in [2.75, 3.05) is 13.7 Å². The van der Waals surface area contributed by atoms with Gasteiger partial charge in [0.2, 0.25) is 0 Å². The highest BCUT2D eigenvalue weighted by molar-refractivity contribution is 6.31. The zero-order valence-corrected chi connectivity index (χ0v) is 20.7. The molecule has 10 heteroatoms. The molecule has 0 saturated carbocycles. The first-order valence-corrected chi connectivity index (χ1v) is 11.6. The summed E-state index contributed by atoms with van der Waals surface area (Å²) in [5, 5.41) is 12.6. The van der Waals surface area contributed by atoms with E-state index >= 15 is 0 Å². The Kier molecular flexibility index (Phi) is 9.54. The van der Waals surface area contributed by atoms with Gasteiger partial charge in [-0.3, -0.25) is 9.59 Å². The van der Waals surface area contributed by atoms with Gasteiger partial charge in [0.05, 0.1) is 25.5 Å². The summed E-state index contributed by atoms with van der Waals surface area (Å²) in [6.07, 6.45) is -4.80. The average Bonchev–Trinajstić information content (AvgIpc) is 2.85. The zero-order valence-electron chi connectivity index (χ0n) is 19.9. The van der Waals surface area contributed by atoms with E-state index in [-0.39, 0.29) is 32.5 Å². The highest BCUT2D eigenvalue weighted by atomic mass is 35.5. The largest absolute Gasteiger partial charge is 0.496 e. The van der Waals surface area contributed by atoms with E-state index in [0.717, 1.165) is 12.1 Å². The second-order valence-corrected chi connectivity index (χ2v) is 8.56. The van der Waals surface area contributed by atoms with E-state index in [2.05, 4.69) is 5.32 Å². The number of hydrogen-bond donors (Lipinski definition) is 2. The van der Waals surface area contributed by atoms with Crippen molar-refractivity contribution in [1.29, 1.82) is 0 Å². The minimum absolute atomic E-state index is 0.00380. The molecule has 0 radical (unpaired) electrons. The summed E-state index contributed by atoms with van der Waals surface area (Å²) in [6, 6.07) is 15.0. The number of carbonyl (C=O) groups is 2. The van der Waals surface area contributed by atoms with Crippen LogP contribution < -0.4 is 10.1 Å². The molecule has 0 amide bonds. The molecule has 0 heterocycles. The molecule has 0 bridgehead atoms. The number of carbonyl (C=O) groups excluding carboxylic acids is 1. The summed E-state index contributed by atoms with van der Waals surface area (Å²) >= 11 is 6.05. The van der Waals surface area contributed by atoms with Gasteiger partial charge in [0.1, 0.15) is 12.4 Å². The van der Waals surface area contributed by atoms with Crippen LogP contribution in [0.1, 0.15) is 28.7 Å². The van der Waals surface area contributed by atoms with E-state index in [1.54, 1.807) is 42.5 Å². The number of hydrogen-bond acceptors (Lipinski definition) is 5. The van der Waals surface area contributed by atoms with Crippen molar-refractivity contribution in [3.8, 4) is 16.9 Å². The molecule has 0 aliphatic rings. The third kappa shape index (κ3) is 7.96. The Morgan fingerprint density at radius 2 is 1.76 bits per heavy atom. The van der Waals surface area contributed by atoms with Gasteiger partial charge in [0.15, 0.2) is 0 Å². The predicted molar refractivity (Wildman–Crippen MR) is 132 cm³/mol. The van der Waals surface area contributed by atoms with Crippen LogP contribution in [0, 0.1) is 0 Å². The molecule has 3 aromatic rings. The fourth-order valence-corrected chi connectivity index (χ4v) is 3.88. The van der Waals surface area contributed by atoms with Gasteiger partial charge in [-0.25, -0.2) is 0 Å². The van der Waals surface area contributed by atoms with E-state index < -0.39 is 23.7 Å². The van der Waals surface area contributed by atoms with Gasteiger partial charge in [-0.05, 0) is 47.0 Å². The topological polar surface area (TPSA) is 84.9 Å². The molecule has 0 unspecified atom stereocenters. The third-order valence-electron chi connectivity index (χ3n) is 5.51. The van der Waals surface area contributed by atoms with Crippen LogP contribution in [-0.4, -0.2) is 30.7 Å². The molecule has 0 spiro atoms. The van der Waals surface area contributed by atoms with Crippen LogP contribution in [0.3, 0.4) is 0 Å². The van der Waals surface area contributed by atoms with Crippen LogP contribution in [-0.2, 0) is 40.1 Å². The van der Waals surface area contributed by atoms with E-state index in [1.807, 2.05) is 0 Å². The Bertz CT molecular complexity index is 1260. The first-order valence-electron chi connectivity index (χ1n) is 11.3. The molecule has 3 rings (SSSR count). The van der Waals surface area contributed by atoms with Crippen molar-refractivity contribution in [2.45, 2.75) is 32.2 Å². The number of esters is 1. The van der Waals surface area contributed by atoms with Crippen molar-refractivity contribution in [3.05, 3.63) is 87.9 Å². The van der Waals surface area contributed by atoms with Crippen LogP contribution in [0.4, 0.5) is 13.2 Å². The summed E-state index contributed by atoms with van der Waals surface area (Å²) in [6.45, 7) is 0.194. The Balaban J connectivity index is 1.74. The fourth-order valence-electron chi connectivity index (χ4n) is 3.69. The quantitative estimate of drug-likeness (QED) is 0.235. The molecular formula is C27H25ClF3NO5. The molecule has 3 aromatic carbocycles. The fraction of sp³-hybridized carbons (Fsp3) is 0.259. The Morgan fingerprint density at radius 3 is 2.43 bits per heavy atom. The molecule has 0 saturated heterocycles. The zero-order chi connectivity index (χ0) is 27.0. The van der Waals surface area contributed by atoms with Crippen molar-refractivity contribution < 1.29 is 37.3 Å². The Hall–Kier alpha value is -3.56. The second-order valence-electron chi connectivity index (χ2n) is 8.15. The lowest BCUT2D eigenvalue weighted by molar-refractivity contribution is -0.145. The monoisotopic (exact) mass is 535 g/mol. The predicted octanol–water partition coefficient (Wildman–Crippen LogP) is 5.88. The average molecular weight is 536 g/mol. The van der Waals surface area contributed by atoms with Gasteiger partial charge in [-0.1, -0.05) is 41.9 Å². The number of nitrogens with one attached hydrogen (secondary N) is 1. The van der Waals surface area contributed by atoms with Crippen molar-refractivity contribution in [1.82, 2.24) is 5.32 Å². The first kappa shape index (κ1) is 28.0. The smallest absolute Gasteiger partial charge is 0.416 e. The van der Waals surface area contributed by atoms with Crippen LogP contribution in [0.2, 0.25) is 5.02 Å². The number of ether oxygens (including phenoxy) is 2. The second kappa shape index (κ2) is 12.6. The summed E-state index contributed by atoms with van der Waals surface area (Å²) in [5.74, 6) is -1.13. The molecule has 0 atom stereocenters. The molecule has 2 N–H and O–H groups in total. The van der Waals surface area contributed by atoms with Crippen molar-refractivity contribution in [2.24, 2.45) is 0 Å². The lowest BCUT2D eigenvalue weighted by Crippen LogP contribution is -2.20. The summed E-state index contributed by atoms with van der Waals surface area (Å²) in [4.78, 5) is 23.3. The summed E-state index contributed by atoms with van der Waals surface area (Å²) in [7, 11) is 1.42. The van der Waals surface area contributed by atoms with Gasteiger partial charge in [0.25, 0.3) is 0 Å². The summed E-state index contributed by atoms with van der Waals surface area (Å²) < 4.78 is 50.9. The number of carboxylic acids is 1. The van der Waals surface area contributed by atoms with Gasteiger partial charge in [-0.2, -0.15) is 13.2 Å². The van der Waals surface area contributed by atoms with Crippen molar-refractivity contribution in [3.63, 3.8) is 0 Å². The molecule has 6 nitrogen and oxygen atoms in total. The molecular weight excluding hydrogens is 511 g/mol. The molecule has 0 aliphatic heterocycles. The molecule has 0 aromatic heterocycles. The van der Waals surface area contributed by atoms with Crippen molar-refractivity contribution >= 4 is 23.5 Å². The highest BCUT2D eigenvalue weighted by Gasteiger charge is 2.31. The normalized spacial score (nSPS) is 11.3. The molecule has 37 heavy (non-hydrogen) atoms. The van der Waals surface area contributed by atoms with Crippen LogP contribution >= 0.6 is 11.6 Å². The number of alkyl halides is 3. The molecule has 196 valence electrons. The Morgan fingerprint density at radius 1 is 1.00 bits per heavy atom. The van der Waals surface area contributed by atoms with E-state index in [4.69, 9.17) is 26.2 Å². The number of halogens is 4. The number of aliphatic carboxylic acids is 1. The highest BCUT2D eigenvalue weighted by Crippen LogP contribution is 2.37. The van der Waals surface area contributed by atoms with E-state index in [0.29, 0.717) is 38.6 Å². The van der Waals surface area contributed by atoms with Gasteiger partial charge >= 0.3 is 18.1 Å². The molecule has 0 fully saturated rings. The maximum Gasteiger partial charge on any atom is 0.416 e. The van der Waals surface area contributed by atoms with E-state index in [9.17, 15) is 22.8 Å². The SMILES string of the molecule is COc1ccc(CC(=O)O)cc1-c1ccc(C(F)(F)F)cc1CNCCC(=O)OCc1ccccc1Cl. The van der Waals surface area contributed by atoms with Crippen LogP contribution in [0.15, 0.2) is 60.7 Å². The Labute approximate surface area is 217 Å². The number of rotatable bonds is 11. The number of benzene rings is 3. The first-order chi connectivity index (χ1) is 17.6. The summed E-state index contributed by atoms with van der Waals surface area (Å²) in [5.41, 5.74) is 1.54. The van der Waals surface area contributed by atoms with Gasteiger partial charge in [0, 0.05) is 29.2 Å². The van der Waals surface area contributed by atoms with E-state index in [1.165, 1.54) is 13.2 Å². The number of methoxy groups -OCH3 is 1. The maximum atomic E-state index is 13.4. The van der Waals surface area contributed by atoms with Crippen LogP contribution in [0.5, 0.6) is 5.75 Å². The third-order valence-corrected chi connectivity index (χ3v) is 5.88. The number of carboxylic acid groups (broad SMARTS) is 1. The lowest BCUT2D eigenvalue weighted by Gasteiger charge is -2.17. The van der Waals surface area contributed by atoms with Gasteiger partial charge in [-0.15, -0.1) is 0 Å². The minimum atomic E-state index is -4.55. The molecule has 0 aliphatic carbocycles. The minimum Gasteiger partial charge on any atom is -0.496 e.